The number of nitrogens with one attached hydrogen (secondary N) is 2. The van der Waals surface area contributed by atoms with Gasteiger partial charge in [-0.05, 0) is 55.2 Å². The molecule has 1 aliphatic heterocycles. The molecule has 4 heteroatoms. The Bertz CT molecular complexity index is 984. The SMILES string of the molecule is COc1ccc([C@@H]2NN=C3c4[nH]c5ccc(C)cc5c4CC[C@H]32)cc1. The molecule has 0 fully saturated rings. The lowest BCUT2D eigenvalue weighted by Gasteiger charge is -2.25. The monoisotopic (exact) mass is 331 g/mol. The minimum atomic E-state index is 0.238. The molecule has 2 heterocycles. The standard InChI is InChI=1S/C21H21N3O/c1-12-3-10-18-17(11-12)15-8-9-16-19(23-24-21(16)20(15)22-18)13-4-6-14(25-2)7-5-13/h3-7,10-11,16,19,22-23H,8-9H2,1-2H3/t16-,19-/m0/s1. The zero-order valence-electron chi connectivity index (χ0n) is 14.5. The Balaban J connectivity index is 1.53. The summed E-state index contributed by atoms with van der Waals surface area (Å²) in [6, 6.07) is 15.2. The third-order valence-corrected chi connectivity index (χ3v) is 5.58. The van der Waals surface area contributed by atoms with Crippen molar-refractivity contribution in [2.24, 2.45) is 11.0 Å². The van der Waals surface area contributed by atoms with Gasteiger partial charge in [-0.15, -0.1) is 0 Å². The van der Waals surface area contributed by atoms with Crippen molar-refractivity contribution in [3.05, 3.63) is 64.8 Å². The number of ether oxygens (including phenoxy) is 1. The van der Waals surface area contributed by atoms with E-state index in [0.29, 0.717) is 5.92 Å². The van der Waals surface area contributed by atoms with E-state index in [-0.39, 0.29) is 6.04 Å². The van der Waals surface area contributed by atoms with Crippen LogP contribution in [0.1, 0.15) is 34.8 Å². The fourth-order valence-corrected chi connectivity index (χ4v) is 4.27. The molecule has 2 aromatic carbocycles. The molecule has 0 radical (unpaired) electrons. The molecule has 126 valence electrons. The second kappa shape index (κ2) is 5.38. The van der Waals surface area contributed by atoms with Crippen LogP contribution in [-0.2, 0) is 6.42 Å². The molecule has 0 spiro atoms. The molecule has 1 aromatic heterocycles. The lowest BCUT2D eigenvalue weighted by Crippen LogP contribution is -2.26. The van der Waals surface area contributed by atoms with E-state index in [1.807, 2.05) is 12.1 Å². The van der Waals surface area contributed by atoms with E-state index in [1.165, 1.54) is 39.0 Å². The van der Waals surface area contributed by atoms with E-state index in [0.717, 1.165) is 18.6 Å². The summed E-state index contributed by atoms with van der Waals surface area (Å²) in [5.74, 6) is 1.30. The Labute approximate surface area is 146 Å². The van der Waals surface area contributed by atoms with Crippen molar-refractivity contribution >= 4 is 16.6 Å². The molecule has 0 unspecified atom stereocenters. The molecule has 25 heavy (non-hydrogen) atoms. The van der Waals surface area contributed by atoms with Gasteiger partial charge in [0.15, 0.2) is 0 Å². The first-order chi connectivity index (χ1) is 12.2. The summed E-state index contributed by atoms with van der Waals surface area (Å²) in [5, 5.41) is 6.07. The van der Waals surface area contributed by atoms with Crippen LogP contribution in [0.5, 0.6) is 5.75 Å². The first kappa shape index (κ1) is 14.6. The zero-order chi connectivity index (χ0) is 17.0. The Hall–Kier alpha value is -2.75. The van der Waals surface area contributed by atoms with Crippen LogP contribution in [0, 0.1) is 12.8 Å². The summed E-state index contributed by atoms with van der Waals surface area (Å²) in [6.45, 7) is 2.15. The number of fused-ring (bicyclic) bond motifs is 5. The molecular formula is C21H21N3O. The molecule has 5 rings (SSSR count). The van der Waals surface area contributed by atoms with Gasteiger partial charge < -0.3 is 15.1 Å². The van der Waals surface area contributed by atoms with Crippen molar-refractivity contribution in [3.8, 4) is 5.75 Å². The maximum absolute atomic E-state index is 5.27. The lowest BCUT2D eigenvalue weighted by molar-refractivity contribution is 0.413. The van der Waals surface area contributed by atoms with Crippen LogP contribution in [0.4, 0.5) is 0 Å². The number of hydrogen-bond donors (Lipinski definition) is 2. The van der Waals surface area contributed by atoms with Crippen molar-refractivity contribution in [3.63, 3.8) is 0 Å². The smallest absolute Gasteiger partial charge is 0.118 e. The highest BCUT2D eigenvalue weighted by atomic mass is 16.5. The quantitative estimate of drug-likeness (QED) is 0.743. The van der Waals surface area contributed by atoms with Gasteiger partial charge in [0.25, 0.3) is 0 Å². The Morgan fingerprint density at radius 3 is 2.76 bits per heavy atom. The molecule has 0 bridgehead atoms. The van der Waals surface area contributed by atoms with Crippen molar-refractivity contribution < 1.29 is 4.74 Å². The maximum Gasteiger partial charge on any atom is 0.118 e. The number of aromatic amines is 1. The molecule has 0 amide bonds. The topological polar surface area (TPSA) is 49.4 Å². The highest BCUT2D eigenvalue weighted by Crippen LogP contribution is 2.40. The van der Waals surface area contributed by atoms with Crippen LogP contribution in [0.15, 0.2) is 47.6 Å². The Kier molecular flexibility index (Phi) is 3.14. The number of aromatic nitrogens is 1. The van der Waals surface area contributed by atoms with E-state index in [1.54, 1.807) is 7.11 Å². The van der Waals surface area contributed by atoms with E-state index >= 15 is 0 Å². The lowest BCUT2D eigenvalue weighted by atomic mass is 9.79. The van der Waals surface area contributed by atoms with Gasteiger partial charge in [0.05, 0.1) is 24.6 Å². The summed E-state index contributed by atoms with van der Waals surface area (Å²) in [5.41, 5.74) is 11.0. The average Bonchev–Trinajstić information content (AvgIpc) is 3.22. The van der Waals surface area contributed by atoms with Crippen LogP contribution in [0.3, 0.4) is 0 Å². The number of nitrogens with zero attached hydrogens (tertiary/aromatic N) is 1. The molecule has 2 atom stereocenters. The van der Waals surface area contributed by atoms with Gasteiger partial charge in [0.2, 0.25) is 0 Å². The summed E-state index contributed by atoms with van der Waals surface area (Å²) in [6.07, 6.45) is 2.22. The minimum absolute atomic E-state index is 0.238. The van der Waals surface area contributed by atoms with E-state index in [9.17, 15) is 0 Å². The fourth-order valence-electron chi connectivity index (χ4n) is 4.27. The summed E-state index contributed by atoms with van der Waals surface area (Å²) >= 11 is 0. The fraction of sp³-hybridized carbons (Fsp3) is 0.286. The predicted octanol–water partition coefficient (Wildman–Crippen LogP) is 4.10. The predicted molar refractivity (Wildman–Crippen MR) is 100 cm³/mol. The number of aryl methyl sites for hydroxylation is 2. The van der Waals surface area contributed by atoms with Crippen LogP contribution in [0.2, 0.25) is 0 Å². The highest BCUT2D eigenvalue weighted by Gasteiger charge is 2.38. The van der Waals surface area contributed by atoms with Gasteiger partial charge in [0.1, 0.15) is 5.75 Å². The average molecular weight is 331 g/mol. The van der Waals surface area contributed by atoms with Crippen molar-refractivity contribution in [2.75, 3.05) is 7.11 Å². The number of rotatable bonds is 2. The van der Waals surface area contributed by atoms with E-state index in [2.05, 4.69) is 47.7 Å². The number of methoxy groups -OCH3 is 1. The molecule has 2 N–H and O–H groups in total. The highest BCUT2D eigenvalue weighted by molar-refractivity contribution is 6.08. The summed E-state index contributed by atoms with van der Waals surface area (Å²) in [7, 11) is 1.70. The zero-order valence-corrected chi connectivity index (χ0v) is 14.5. The molecule has 0 saturated carbocycles. The second-order valence-corrected chi connectivity index (χ2v) is 7.05. The van der Waals surface area contributed by atoms with Crippen molar-refractivity contribution in [2.45, 2.75) is 25.8 Å². The van der Waals surface area contributed by atoms with Crippen LogP contribution >= 0.6 is 0 Å². The second-order valence-electron chi connectivity index (χ2n) is 7.05. The van der Waals surface area contributed by atoms with Gasteiger partial charge in [0, 0.05) is 16.8 Å². The molecule has 0 saturated heterocycles. The maximum atomic E-state index is 5.27. The third-order valence-electron chi connectivity index (χ3n) is 5.58. The van der Waals surface area contributed by atoms with Gasteiger partial charge in [-0.25, -0.2) is 0 Å². The van der Waals surface area contributed by atoms with Gasteiger partial charge in [-0.1, -0.05) is 23.8 Å². The minimum Gasteiger partial charge on any atom is -0.497 e. The van der Waals surface area contributed by atoms with Gasteiger partial charge >= 0.3 is 0 Å². The number of hydrazone groups is 1. The Morgan fingerprint density at radius 2 is 1.96 bits per heavy atom. The summed E-state index contributed by atoms with van der Waals surface area (Å²) < 4.78 is 5.27. The summed E-state index contributed by atoms with van der Waals surface area (Å²) in [4.78, 5) is 3.61. The normalized spacial score (nSPS) is 21.4. The largest absolute Gasteiger partial charge is 0.497 e. The van der Waals surface area contributed by atoms with E-state index < -0.39 is 0 Å². The molecule has 3 aromatic rings. The van der Waals surface area contributed by atoms with Gasteiger partial charge in [-0.2, -0.15) is 5.10 Å². The number of benzene rings is 2. The van der Waals surface area contributed by atoms with Crippen LogP contribution in [-0.4, -0.2) is 17.8 Å². The molecular weight excluding hydrogens is 310 g/mol. The third kappa shape index (κ3) is 2.17. The Morgan fingerprint density at radius 1 is 1.12 bits per heavy atom. The van der Waals surface area contributed by atoms with Crippen LogP contribution in [0.25, 0.3) is 10.9 Å². The molecule has 2 aliphatic rings. The number of hydrogen-bond acceptors (Lipinski definition) is 3. The van der Waals surface area contributed by atoms with Crippen molar-refractivity contribution in [1.82, 2.24) is 10.4 Å². The molecule has 4 nitrogen and oxygen atoms in total. The number of H-pyrrole nitrogens is 1. The molecule has 1 aliphatic carbocycles. The van der Waals surface area contributed by atoms with Gasteiger partial charge in [-0.3, -0.25) is 0 Å². The van der Waals surface area contributed by atoms with Crippen molar-refractivity contribution in [1.29, 1.82) is 0 Å². The first-order valence-electron chi connectivity index (χ1n) is 8.83. The first-order valence-corrected chi connectivity index (χ1v) is 8.83. The van der Waals surface area contributed by atoms with E-state index in [4.69, 9.17) is 9.84 Å². The van der Waals surface area contributed by atoms with Crippen LogP contribution < -0.4 is 10.2 Å².